The van der Waals surface area contributed by atoms with Crippen molar-refractivity contribution in [2.45, 2.75) is 37.6 Å². The van der Waals surface area contributed by atoms with Crippen molar-refractivity contribution in [1.82, 2.24) is 25.3 Å². The highest BCUT2D eigenvalue weighted by Gasteiger charge is 2.38. The lowest BCUT2D eigenvalue weighted by Crippen LogP contribution is -2.48. The van der Waals surface area contributed by atoms with E-state index >= 15 is 0 Å². The van der Waals surface area contributed by atoms with Crippen LogP contribution in [0.3, 0.4) is 0 Å². The zero-order chi connectivity index (χ0) is 18.7. The number of rotatable bonds is 4. The number of benzene rings is 1. The number of nitrogens with zero attached hydrogens (tertiary/aromatic N) is 4. The lowest BCUT2D eigenvalue weighted by molar-refractivity contribution is 0.212. The van der Waals surface area contributed by atoms with Crippen molar-refractivity contribution in [2.24, 2.45) is 0 Å². The maximum Gasteiger partial charge on any atom is 0.320 e. The third kappa shape index (κ3) is 3.77. The van der Waals surface area contributed by atoms with Gasteiger partial charge in [0.25, 0.3) is 0 Å². The van der Waals surface area contributed by atoms with Crippen molar-refractivity contribution in [3.05, 3.63) is 47.7 Å². The van der Waals surface area contributed by atoms with E-state index in [2.05, 4.69) is 25.9 Å². The first kappa shape index (κ1) is 17.5. The summed E-state index contributed by atoms with van der Waals surface area (Å²) in [6.07, 6.45) is 8.47. The van der Waals surface area contributed by atoms with Crippen LogP contribution in [0.4, 0.5) is 15.6 Å². The van der Waals surface area contributed by atoms with Gasteiger partial charge in [0.15, 0.2) is 0 Å². The van der Waals surface area contributed by atoms with Gasteiger partial charge in [0.1, 0.15) is 5.01 Å². The molecule has 4 N–H and O–H groups in total. The summed E-state index contributed by atoms with van der Waals surface area (Å²) in [6.45, 7) is 0. The van der Waals surface area contributed by atoms with Gasteiger partial charge in [-0.3, -0.25) is 0 Å². The van der Waals surface area contributed by atoms with E-state index in [0.717, 1.165) is 42.8 Å². The Kier molecular flexibility index (Phi) is 4.76. The second-order valence-electron chi connectivity index (χ2n) is 6.67. The zero-order valence-corrected chi connectivity index (χ0v) is 15.6. The predicted octanol–water partition coefficient (Wildman–Crippen LogP) is 3.29. The van der Waals surface area contributed by atoms with Crippen LogP contribution in [0.2, 0.25) is 0 Å². The van der Waals surface area contributed by atoms with Crippen molar-refractivity contribution < 1.29 is 4.79 Å². The minimum atomic E-state index is -0.503. The lowest BCUT2D eigenvalue weighted by atomic mass is 9.82. The number of aromatic nitrogens is 4. The van der Waals surface area contributed by atoms with E-state index in [0.29, 0.717) is 10.8 Å². The Hall–Kier alpha value is -2.94. The maximum atomic E-state index is 12.7. The van der Waals surface area contributed by atoms with Crippen molar-refractivity contribution in [2.75, 3.05) is 11.1 Å². The van der Waals surface area contributed by atoms with E-state index < -0.39 is 5.54 Å². The first-order valence-electron chi connectivity index (χ1n) is 8.93. The maximum absolute atomic E-state index is 12.7. The number of hydrogen-bond acceptors (Lipinski definition) is 6. The molecule has 27 heavy (non-hydrogen) atoms. The van der Waals surface area contributed by atoms with Crippen LogP contribution >= 0.6 is 11.3 Å². The highest BCUT2D eigenvalue weighted by Crippen LogP contribution is 2.39. The van der Waals surface area contributed by atoms with Gasteiger partial charge in [-0.05, 0) is 37.1 Å². The Morgan fingerprint density at radius 2 is 2.04 bits per heavy atom. The largest absolute Gasteiger partial charge is 0.374 e. The molecule has 1 saturated carbocycles. The van der Waals surface area contributed by atoms with Crippen molar-refractivity contribution >= 4 is 28.2 Å². The van der Waals surface area contributed by atoms with Crippen LogP contribution in [0, 0.1) is 0 Å². The molecule has 0 radical (unpaired) electrons. The number of amides is 2. The monoisotopic (exact) mass is 383 g/mol. The molecule has 4 rings (SSSR count). The van der Waals surface area contributed by atoms with Gasteiger partial charge in [-0.1, -0.05) is 36.7 Å². The third-order valence-corrected chi connectivity index (χ3v) is 5.74. The molecule has 0 spiro atoms. The molecule has 9 heteroatoms. The molecule has 1 aliphatic carbocycles. The van der Waals surface area contributed by atoms with Gasteiger partial charge in [-0.2, -0.15) is 5.10 Å². The van der Waals surface area contributed by atoms with E-state index in [9.17, 15) is 4.79 Å². The smallest absolute Gasteiger partial charge is 0.320 e. The fourth-order valence-corrected chi connectivity index (χ4v) is 4.31. The first-order chi connectivity index (χ1) is 13.1. The second kappa shape index (κ2) is 7.36. The first-order valence-corrected chi connectivity index (χ1v) is 9.75. The number of hydrogen-bond donors (Lipinski definition) is 3. The van der Waals surface area contributed by atoms with E-state index in [-0.39, 0.29) is 6.03 Å². The predicted molar refractivity (Wildman–Crippen MR) is 105 cm³/mol. The van der Waals surface area contributed by atoms with Crippen LogP contribution < -0.4 is 16.4 Å². The number of carbonyl (C=O) groups is 1. The van der Waals surface area contributed by atoms with Gasteiger partial charge >= 0.3 is 6.03 Å². The van der Waals surface area contributed by atoms with E-state index in [1.54, 1.807) is 10.9 Å². The quantitative estimate of drug-likeness (QED) is 0.640. The average molecular weight is 383 g/mol. The summed E-state index contributed by atoms with van der Waals surface area (Å²) in [7, 11) is 0. The highest BCUT2D eigenvalue weighted by molar-refractivity contribution is 7.15. The molecular weight excluding hydrogens is 362 g/mol. The normalized spacial score (nSPS) is 16.0. The van der Waals surface area contributed by atoms with Gasteiger partial charge in [0.2, 0.25) is 5.13 Å². The van der Waals surface area contributed by atoms with Crippen molar-refractivity contribution in [1.29, 1.82) is 0 Å². The second-order valence-corrected chi connectivity index (χ2v) is 7.68. The van der Waals surface area contributed by atoms with Crippen LogP contribution in [0.25, 0.3) is 5.69 Å². The topological polar surface area (TPSA) is 111 Å². The lowest BCUT2D eigenvalue weighted by Gasteiger charge is -2.35. The van der Waals surface area contributed by atoms with Crippen molar-refractivity contribution in [3.8, 4) is 5.69 Å². The summed E-state index contributed by atoms with van der Waals surface area (Å²) < 4.78 is 1.75. The molecule has 2 aromatic heterocycles. The van der Waals surface area contributed by atoms with Crippen LogP contribution in [0.5, 0.6) is 0 Å². The van der Waals surface area contributed by atoms with Crippen LogP contribution in [-0.4, -0.2) is 26.0 Å². The average Bonchev–Trinajstić information content (AvgIpc) is 3.34. The highest BCUT2D eigenvalue weighted by atomic mass is 32.1. The fourth-order valence-electron chi connectivity index (χ4n) is 3.50. The summed E-state index contributed by atoms with van der Waals surface area (Å²) in [6, 6.07) is 9.14. The van der Waals surface area contributed by atoms with Gasteiger partial charge in [-0.15, -0.1) is 10.2 Å². The molecular formula is C18H21N7OS. The standard InChI is InChI=1S/C18H21N7OS/c19-16-24-23-15(27-16)18(8-2-1-3-9-18)22-17(26)21-13-6-4-7-14(12-13)25-11-5-10-20-25/h4-7,10-12H,1-3,8-9H2,(H2,19,24)(H2,21,22,26). The summed E-state index contributed by atoms with van der Waals surface area (Å²) in [5.41, 5.74) is 6.84. The molecule has 0 bridgehead atoms. The number of nitrogens with one attached hydrogen (secondary N) is 2. The van der Waals surface area contributed by atoms with Crippen LogP contribution in [-0.2, 0) is 5.54 Å². The number of nitrogens with two attached hydrogens (primary N) is 1. The van der Waals surface area contributed by atoms with E-state index in [1.807, 2.05) is 36.5 Å². The Morgan fingerprint density at radius 3 is 2.74 bits per heavy atom. The molecule has 1 aliphatic rings. The summed E-state index contributed by atoms with van der Waals surface area (Å²) in [4.78, 5) is 12.7. The number of anilines is 2. The molecule has 1 aromatic carbocycles. The fraction of sp³-hybridized carbons (Fsp3) is 0.333. The van der Waals surface area contributed by atoms with Crippen molar-refractivity contribution in [3.63, 3.8) is 0 Å². The summed E-state index contributed by atoms with van der Waals surface area (Å²) in [5.74, 6) is 0. The Balaban J connectivity index is 1.51. The minimum absolute atomic E-state index is 0.261. The SMILES string of the molecule is Nc1nnc(C2(NC(=O)Nc3cccc(-n4cccn4)c3)CCCCC2)s1. The van der Waals surface area contributed by atoms with E-state index in [1.165, 1.54) is 11.3 Å². The summed E-state index contributed by atoms with van der Waals surface area (Å²) >= 11 is 1.34. The van der Waals surface area contributed by atoms with Gasteiger partial charge in [-0.25, -0.2) is 9.48 Å². The number of carbonyl (C=O) groups excluding carboxylic acids is 1. The van der Waals surface area contributed by atoms with E-state index in [4.69, 9.17) is 5.73 Å². The van der Waals surface area contributed by atoms with Crippen LogP contribution in [0.15, 0.2) is 42.7 Å². The number of nitrogen functional groups attached to an aromatic ring is 1. The molecule has 2 amide bonds. The molecule has 8 nitrogen and oxygen atoms in total. The molecule has 3 aromatic rings. The molecule has 0 unspecified atom stereocenters. The molecule has 0 saturated heterocycles. The molecule has 140 valence electrons. The zero-order valence-electron chi connectivity index (χ0n) is 14.8. The van der Waals surface area contributed by atoms with Gasteiger partial charge in [0.05, 0.1) is 11.2 Å². The Morgan fingerprint density at radius 1 is 1.19 bits per heavy atom. The molecule has 1 fully saturated rings. The van der Waals surface area contributed by atoms with Crippen LogP contribution in [0.1, 0.15) is 37.1 Å². The third-order valence-electron chi connectivity index (χ3n) is 4.78. The number of urea groups is 1. The summed E-state index contributed by atoms with van der Waals surface area (Å²) in [5, 5.41) is 19.6. The Labute approximate surface area is 160 Å². The molecule has 2 heterocycles. The minimum Gasteiger partial charge on any atom is -0.374 e. The van der Waals surface area contributed by atoms with Gasteiger partial charge < -0.3 is 16.4 Å². The molecule has 0 aliphatic heterocycles. The van der Waals surface area contributed by atoms with Gasteiger partial charge in [0, 0.05) is 18.1 Å². The molecule has 0 atom stereocenters. The Bertz CT molecular complexity index is 915.